The molecule has 0 fully saturated rings. The van der Waals surface area contributed by atoms with Crippen LogP contribution in [0.4, 0.5) is 0 Å². The van der Waals surface area contributed by atoms with Gasteiger partial charge in [-0.25, -0.2) is 0 Å². The maximum Gasteiger partial charge on any atom is 0.320 e. The first-order valence-corrected chi connectivity index (χ1v) is 1.63. The zero-order valence-electron chi connectivity index (χ0n) is 4.51. The summed E-state index contributed by atoms with van der Waals surface area (Å²) in [6.45, 7) is 1.42. The van der Waals surface area contributed by atoms with E-state index >= 15 is 0 Å². The molecule has 0 aromatic carbocycles. The average Bonchev–Trinajstić information content (AvgIpc) is 1.36. The van der Waals surface area contributed by atoms with Gasteiger partial charge in [0.1, 0.15) is 6.04 Å². The number of aliphatic carboxylic acids is 1. The Bertz CT molecular complexity index is 64.0. The number of carboxylic acids is 1. The van der Waals surface area contributed by atoms with Crippen molar-refractivity contribution in [2.24, 2.45) is 5.73 Å². The van der Waals surface area contributed by atoms with Crippen LogP contribution >= 0.6 is 0 Å². The second-order valence-electron chi connectivity index (χ2n) is 1.13. The van der Waals surface area contributed by atoms with E-state index in [-0.39, 0.29) is 51.4 Å². The van der Waals surface area contributed by atoms with E-state index in [0.29, 0.717) is 0 Å². The minimum Gasteiger partial charge on any atom is -0.480 e. The van der Waals surface area contributed by atoms with Crippen LogP contribution in [0.15, 0.2) is 0 Å². The van der Waals surface area contributed by atoms with Crippen molar-refractivity contribution in [1.82, 2.24) is 0 Å². The minimum atomic E-state index is -0.963. The Hall–Kier alpha value is 1.07. The van der Waals surface area contributed by atoms with E-state index in [1.165, 1.54) is 6.92 Å². The third-order valence-electron chi connectivity index (χ3n) is 0.390. The molecular weight excluding hydrogens is 121 g/mol. The van der Waals surface area contributed by atoms with Crippen molar-refractivity contribution in [3.8, 4) is 0 Å². The Labute approximate surface area is 84.7 Å². The topological polar surface area (TPSA) is 63.3 Å². The molecule has 1 radical (unpaired) electrons. The molecule has 0 saturated carbocycles. The molecule has 0 rings (SSSR count). The van der Waals surface area contributed by atoms with Crippen molar-refractivity contribution in [3.63, 3.8) is 0 Å². The predicted octanol–water partition coefficient (Wildman–Crippen LogP) is -0.963. The molecule has 7 heavy (non-hydrogen) atoms. The SMILES string of the molecule is CC(N)C(=O)O.[K]. The van der Waals surface area contributed by atoms with E-state index in [2.05, 4.69) is 0 Å². The monoisotopic (exact) mass is 128 g/mol. The van der Waals surface area contributed by atoms with Gasteiger partial charge in [0.25, 0.3) is 0 Å². The van der Waals surface area contributed by atoms with E-state index in [4.69, 9.17) is 10.8 Å². The molecule has 0 saturated heterocycles. The van der Waals surface area contributed by atoms with E-state index in [0.717, 1.165) is 0 Å². The standard InChI is InChI=1S/C3H7NO2.K/c1-2(4)3(5)6;/h2H,4H2,1H3,(H,5,6);. The summed E-state index contributed by atoms with van der Waals surface area (Å²) in [7, 11) is 0. The number of hydrogen-bond donors (Lipinski definition) is 2. The van der Waals surface area contributed by atoms with E-state index in [1.54, 1.807) is 0 Å². The van der Waals surface area contributed by atoms with Gasteiger partial charge in [0, 0.05) is 51.4 Å². The van der Waals surface area contributed by atoms with Crippen LogP contribution in [0.25, 0.3) is 0 Å². The number of carboxylic acid groups (broad SMARTS) is 1. The van der Waals surface area contributed by atoms with Crippen LogP contribution in [0.1, 0.15) is 6.92 Å². The molecule has 0 aliphatic heterocycles. The van der Waals surface area contributed by atoms with Crippen LogP contribution in [0.2, 0.25) is 0 Å². The van der Waals surface area contributed by atoms with Gasteiger partial charge in [-0.05, 0) is 6.92 Å². The van der Waals surface area contributed by atoms with Crippen LogP contribution in [0.5, 0.6) is 0 Å². The third kappa shape index (κ3) is 7.07. The fraction of sp³-hybridized carbons (Fsp3) is 0.667. The van der Waals surface area contributed by atoms with E-state index in [1.807, 2.05) is 0 Å². The summed E-state index contributed by atoms with van der Waals surface area (Å²) in [5.74, 6) is -0.963. The quantitative estimate of drug-likeness (QED) is 0.447. The molecule has 3 N–H and O–H groups in total. The molecule has 0 bridgehead atoms. The zero-order chi connectivity index (χ0) is 5.15. The second-order valence-corrected chi connectivity index (χ2v) is 1.13. The van der Waals surface area contributed by atoms with E-state index in [9.17, 15) is 4.79 Å². The first-order valence-electron chi connectivity index (χ1n) is 1.63. The second kappa shape index (κ2) is 5.21. The summed E-state index contributed by atoms with van der Waals surface area (Å²) in [6.07, 6.45) is 0. The normalized spacial score (nSPS) is 11.7. The van der Waals surface area contributed by atoms with Gasteiger partial charge in [0.05, 0.1) is 0 Å². The smallest absolute Gasteiger partial charge is 0.320 e. The van der Waals surface area contributed by atoms with Crippen LogP contribution < -0.4 is 5.73 Å². The molecule has 4 heteroatoms. The molecule has 0 aromatic rings. The van der Waals surface area contributed by atoms with Gasteiger partial charge in [-0.15, -0.1) is 0 Å². The molecule has 0 aromatic heterocycles. The fourth-order valence-corrected chi connectivity index (χ4v) is 0. The van der Waals surface area contributed by atoms with Gasteiger partial charge in [-0.3, -0.25) is 4.79 Å². The van der Waals surface area contributed by atoms with Crippen molar-refractivity contribution in [2.45, 2.75) is 13.0 Å². The van der Waals surface area contributed by atoms with Gasteiger partial charge < -0.3 is 10.8 Å². The predicted molar refractivity (Wildman–Crippen MR) is 27.0 cm³/mol. The molecule has 1 unspecified atom stereocenters. The first-order chi connectivity index (χ1) is 2.64. The number of hydrogen-bond acceptors (Lipinski definition) is 2. The molecule has 0 spiro atoms. The van der Waals surface area contributed by atoms with Gasteiger partial charge in [0.2, 0.25) is 0 Å². The summed E-state index contributed by atoms with van der Waals surface area (Å²) in [5.41, 5.74) is 4.84. The molecule has 3 nitrogen and oxygen atoms in total. The van der Waals surface area contributed by atoms with Crippen molar-refractivity contribution >= 4 is 57.4 Å². The van der Waals surface area contributed by atoms with Crippen molar-refractivity contribution in [3.05, 3.63) is 0 Å². The average molecular weight is 128 g/mol. The molecule has 0 heterocycles. The van der Waals surface area contributed by atoms with E-state index < -0.39 is 12.0 Å². The molecule has 0 aliphatic carbocycles. The largest absolute Gasteiger partial charge is 0.480 e. The van der Waals surface area contributed by atoms with Gasteiger partial charge >= 0.3 is 5.97 Å². The number of nitrogens with two attached hydrogens (primary N) is 1. The maximum atomic E-state index is 9.57. The molecule has 0 amide bonds. The summed E-state index contributed by atoms with van der Waals surface area (Å²) in [4.78, 5) is 9.57. The summed E-state index contributed by atoms with van der Waals surface area (Å²) >= 11 is 0. The van der Waals surface area contributed by atoms with Gasteiger partial charge in [-0.2, -0.15) is 0 Å². The Morgan fingerprint density at radius 1 is 1.86 bits per heavy atom. The van der Waals surface area contributed by atoms with Crippen LogP contribution in [0, 0.1) is 0 Å². The molecular formula is C3H7KNO2. The Morgan fingerprint density at radius 3 is 2.00 bits per heavy atom. The number of carbonyl (C=O) groups is 1. The fourth-order valence-electron chi connectivity index (χ4n) is 0. The minimum absolute atomic E-state index is 0. The third-order valence-corrected chi connectivity index (χ3v) is 0.390. The first kappa shape index (κ1) is 10.9. The van der Waals surface area contributed by atoms with Crippen LogP contribution in [-0.4, -0.2) is 68.5 Å². The van der Waals surface area contributed by atoms with Crippen molar-refractivity contribution in [1.29, 1.82) is 0 Å². The maximum absolute atomic E-state index is 9.57. The van der Waals surface area contributed by atoms with Gasteiger partial charge in [0.15, 0.2) is 0 Å². The Kier molecular flexibility index (Phi) is 8.14. The zero-order valence-corrected chi connectivity index (χ0v) is 7.63. The number of rotatable bonds is 1. The van der Waals surface area contributed by atoms with Crippen molar-refractivity contribution in [2.75, 3.05) is 0 Å². The Balaban J connectivity index is 0. The van der Waals surface area contributed by atoms with Crippen LogP contribution in [0.3, 0.4) is 0 Å². The van der Waals surface area contributed by atoms with Crippen LogP contribution in [-0.2, 0) is 4.79 Å². The molecule has 1 atom stereocenters. The molecule has 0 aliphatic rings. The summed E-state index contributed by atoms with van der Waals surface area (Å²) in [6, 6.07) is -0.731. The Morgan fingerprint density at radius 2 is 2.00 bits per heavy atom. The van der Waals surface area contributed by atoms with Gasteiger partial charge in [-0.1, -0.05) is 0 Å². The molecule has 37 valence electrons. The van der Waals surface area contributed by atoms with Crippen molar-refractivity contribution < 1.29 is 9.90 Å². The summed E-state index contributed by atoms with van der Waals surface area (Å²) < 4.78 is 0. The summed E-state index contributed by atoms with van der Waals surface area (Å²) in [5, 5.41) is 7.87.